The molecule has 0 amide bonds. The van der Waals surface area contributed by atoms with Gasteiger partial charge in [0.05, 0.1) is 5.56 Å². The van der Waals surface area contributed by atoms with Gasteiger partial charge in [0, 0.05) is 18.3 Å². The van der Waals surface area contributed by atoms with Crippen LogP contribution in [0.15, 0.2) is 10.9 Å². The highest BCUT2D eigenvalue weighted by molar-refractivity contribution is 7.88. The molecule has 0 saturated heterocycles. The first-order valence-electron chi connectivity index (χ1n) is 5.37. The van der Waals surface area contributed by atoms with E-state index in [0.29, 0.717) is 25.1 Å². The zero-order valence-corrected chi connectivity index (χ0v) is 10.6. The lowest BCUT2D eigenvalue weighted by Gasteiger charge is -2.13. The summed E-state index contributed by atoms with van der Waals surface area (Å²) in [5.74, 6) is -0.560. The lowest BCUT2D eigenvalue weighted by Crippen LogP contribution is -2.30. The van der Waals surface area contributed by atoms with Crippen LogP contribution in [0.5, 0.6) is 5.75 Å². The molecule has 2 heterocycles. The van der Waals surface area contributed by atoms with Crippen LogP contribution in [0.1, 0.15) is 17.7 Å². The van der Waals surface area contributed by atoms with Gasteiger partial charge in [0.2, 0.25) is 0 Å². The topological polar surface area (TPSA) is 65.4 Å². The molecular formula is C10H10F3NO4S. The van der Waals surface area contributed by atoms with E-state index in [9.17, 15) is 26.4 Å². The molecule has 1 aromatic rings. The average Bonchev–Trinajstić information content (AvgIpc) is 2.71. The Bertz CT molecular complexity index is 675. The van der Waals surface area contributed by atoms with Crippen molar-refractivity contribution in [2.24, 2.45) is 0 Å². The lowest BCUT2D eigenvalue weighted by atomic mass is 10.2. The number of nitrogens with zero attached hydrogens (tertiary/aromatic N) is 1. The first-order valence-corrected chi connectivity index (χ1v) is 6.78. The summed E-state index contributed by atoms with van der Waals surface area (Å²) in [4.78, 5) is 11.8. The fourth-order valence-electron chi connectivity index (χ4n) is 1.90. The number of alkyl halides is 3. The summed E-state index contributed by atoms with van der Waals surface area (Å²) in [6.45, 7) is 1.70. The van der Waals surface area contributed by atoms with E-state index in [-0.39, 0.29) is 5.56 Å². The molecule has 106 valence electrons. The van der Waals surface area contributed by atoms with Gasteiger partial charge in [-0.15, -0.1) is 0 Å². The first-order chi connectivity index (χ1) is 8.63. The van der Waals surface area contributed by atoms with Crippen molar-refractivity contribution in [2.45, 2.75) is 31.8 Å². The van der Waals surface area contributed by atoms with E-state index >= 15 is 0 Å². The minimum atomic E-state index is -5.76. The minimum Gasteiger partial charge on any atom is -0.375 e. The van der Waals surface area contributed by atoms with Crippen molar-refractivity contribution in [2.75, 3.05) is 0 Å². The molecule has 0 bridgehead atoms. The van der Waals surface area contributed by atoms with Crippen molar-refractivity contribution >= 4 is 10.1 Å². The predicted octanol–water partition coefficient (Wildman–Crippen LogP) is 1.33. The molecule has 0 aromatic carbocycles. The maximum atomic E-state index is 12.2. The molecule has 0 saturated carbocycles. The summed E-state index contributed by atoms with van der Waals surface area (Å²) in [5.41, 5.74) is -5.72. The number of aryl methyl sites for hydroxylation is 1. The fraction of sp³-hybridized carbons (Fsp3) is 0.500. The smallest absolute Gasteiger partial charge is 0.375 e. The molecule has 0 unspecified atom stereocenters. The number of aromatic nitrogens is 1. The molecule has 0 N–H and O–H groups in total. The second-order valence-electron chi connectivity index (χ2n) is 4.17. The van der Waals surface area contributed by atoms with Crippen LogP contribution >= 0.6 is 0 Å². The molecular weight excluding hydrogens is 287 g/mol. The Balaban J connectivity index is 2.49. The number of hydrogen-bond acceptors (Lipinski definition) is 4. The molecule has 5 nitrogen and oxygen atoms in total. The van der Waals surface area contributed by atoms with E-state index in [1.807, 2.05) is 0 Å². The van der Waals surface area contributed by atoms with E-state index < -0.39 is 26.9 Å². The SMILES string of the molecule is Cc1c(OS(=O)(=O)C(F)(F)F)cc2n(c1=O)CCC2. The maximum absolute atomic E-state index is 12.2. The Morgan fingerprint density at radius 1 is 1.37 bits per heavy atom. The van der Waals surface area contributed by atoms with Crippen molar-refractivity contribution in [3.8, 4) is 5.75 Å². The Labute approximate surface area is 106 Å². The van der Waals surface area contributed by atoms with Gasteiger partial charge in [-0.25, -0.2) is 0 Å². The summed E-state index contributed by atoms with van der Waals surface area (Å²) in [5, 5.41) is 0. The predicted molar refractivity (Wildman–Crippen MR) is 59.4 cm³/mol. The van der Waals surface area contributed by atoms with E-state index in [1.165, 1.54) is 17.6 Å². The van der Waals surface area contributed by atoms with Gasteiger partial charge in [-0.2, -0.15) is 21.6 Å². The first kappa shape index (κ1) is 13.9. The van der Waals surface area contributed by atoms with Crippen LogP contribution in [0, 0.1) is 6.92 Å². The van der Waals surface area contributed by atoms with Gasteiger partial charge < -0.3 is 8.75 Å². The van der Waals surface area contributed by atoms with E-state index in [2.05, 4.69) is 4.18 Å². The highest BCUT2D eigenvalue weighted by Gasteiger charge is 2.48. The molecule has 0 fully saturated rings. The molecule has 19 heavy (non-hydrogen) atoms. The van der Waals surface area contributed by atoms with Gasteiger partial charge in [0.1, 0.15) is 0 Å². The Kier molecular flexibility index (Phi) is 3.12. The van der Waals surface area contributed by atoms with Crippen LogP contribution in [-0.4, -0.2) is 18.5 Å². The van der Waals surface area contributed by atoms with Gasteiger partial charge in [-0.1, -0.05) is 0 Å². The van der Waals surface area contributed by atoms with Gasteiger partial charge in [-0.05, 0) is 19.8 Å². The summed E-state index contributed by atoms with van der Waals surface area (Å²) >= 11 is 0. The summed E-state index contributed by atoms with van der Waals surface area (Å²) in [6, 6.07) is 1.17. The third-order valence-electron chi connectivity index (χ3n) is 2.88. The van der Waals surface area contributed by atoms with Crippen LogP contribution in [0.3, 0.4) is 0 Å². The van der Waals surface area contributed by atoms with Gasteiger partial charge in [0.15, 0.2) is 5.75 Å². The monoisotopic (exact) mass is 297 g/mol. The zero-order chi connectivity index (χ0) is 14.4. The third-order valence-corrected chi connectivity index (χ3v) is 3.84. The molecule has 0 radical (unpaired) electrons. The van der Waals surface area contributed by atoms with E-state index in [0.717, 1.165) is 0 Å². The summed E-state index contributed by atoms with van der Waals surface area (Å²) in [7, 11) is -5.76. The Morgan fingerprint density at radius 3 is 2.58 bits per heavy atom. The number of pyridine rings is 1. The molecule has 1 aliphatic heterocycles. The maximum Gasteiger partial charge on any atom is 0.534 e. The summed E-state index contributed by atoms with van der Waals surface area (Å²) in [6.07, 6.45) is 1.18. The van der Waals surface area contributed by atoms with Crippen molar-refractivity contribution in [3.63, 3.8) is 0 Å². The van der Waals surface area contributed by atoms with Crippen molar-refractivity contribution in [3.05, 3.63) is 27.7 Å². The number of hydrogen-bond donors (Lipinski definition) is 0. The standard InChI is InChI=1S/C10H10F3NO4S/c1-6-8(18-19(16,17)10(11,12)13)5-7-3-2-4-14(7)9(6)15/h5H,2-4H2,1H3. The van der Waals surface area contributed by atoms with Gasteiger partial charge >= 0.3 is 15.6 Å². The van der Waals surface area contributed by atoms with E-state index in [4.69, 9.17) is 0 Å². The van der Waals surface area contributed by atoms with Crippen LogP contribution in [-0.2, 0) is 23.1 Å². The molecule has 0 atom stereocenters. The number of rotatable bonds is 2. The van der Waals surface area contributed by atoms with Crippen LogP contribution in [0.2, 0.25) is 0 Å². The molecule has 0 spiro atoms. The zero-order valence-electron chi connectivity index (χ0n) is 9.82. The Hall–Kier alpha value is -1.51. The quantitative estimate of drug-likeness (QED) is 0.610. The molecule has 1 aliphatic rings. The number of halogens is 3. The van der Waals surface area contributed by atoms with Gasteiger partial charge in [0.25, 0.3) is 5.56 Å². The third kappa shape index (κ3) is 2.34. The average molecular weight is 297 g/mol. The van der Waals surface area contributed by atoms with Gasteiger partial charge in [-0.3, -0.25) is 4.79 Å². The van der Waals surface area contributed by atoms with Crippen LogP contribution in [0.4, 0.5) is 13.2 Å². The molecule has 0 aliphatic carbocycles. The second kappa shape index (κ2) is 4.26. The lowest BCUT2D eigenvalue weighted by molar-refractivity contribution is -0.0500. The molecule has 1 aromatic heterocycles. The van der Waals surface area contributed by atoms with E-state index in [1.54, 1.807) is 0 Å². The highest BCUT2D eigenvalue weighted by Crippen LogP contribution is 2.29. The molecule has 9 heteroatoms. The van der Waals surface area contributed by atoms with Crippen molar-refractivity contribution < 1.29 is 25.8 Å². The van der Waals surface area contributed by atoms with Crippen molar-refractivity contribution in [1.29, 1.82) is 0 Å². The van der Waals surface area contributed by atoms with Crippen LogP contribution in [0.25, 0.3) is 0 Å². The summed E-state index contributed by atoms with van der Waals surface area (Å²) < 4.78 is 64.0. The highest BCUT2D eigenvalue weighted by atomic mass is 32.2. The number of fused-ring (bicyclic) bond motifs is 1. The minimum absolute atomic E-state index is 0.154. The van der Waals surface area contributed by atoms with Crippen LogP contribution < -0.4 is 9.74 Å². The fourth-order valence-corrected chi connectivity index (χ4v) is 2.40. The Morgan fingerprint density at radius 2 is 2.00 bits per heavy atom. The second-order valence-corrected chi connectivity index (χ2v) is 5.71. The molecule has 2 rings (SSSR count). The largest absolute Gasteiger partial charge is 0.534 e. The van der Waals surface area contributed by atoms with Crippen molar-refractivity contribution in [1.82, 2.24) is 4.57 Å². The normalized spacial score (nSPS) is 15.4.